The lowest BCUT2D eigenvalue weighted by Crippen LogP contribution is -2.07. The number of unbranched alkanes of at least 4 members (excludes halogenated alkanes) is 1. The van der Waals surface area contributed by atoms with Crippen LogP contribution in [-0.2, 0) is 0 Å². The van der Waals surface area contributed by atoms with Crippen molar-refractivity contribution in [2.75, 3.05) is 17.6 Å². The minimum absolute atomic E-state index is 0.375. The quantitative estimate of drug-likeness (QED) is 0.779. The Kier molecular flexibility index (Phi) is 4.55. The number of hydrogen-bond donors (Lipinski definition) is 2. The summed E-state index contributed by atoms with van der Waals surface area (Å²) in [7, 11) is 0. The Bertz CT molecular complexity index is 516. The number of hydrogen-bond acceptors (Lipinski definition) is 5. The fourth-order valence-electron chi connectivity index (χ4n) is 1.59. The Balaban J connectivity index is 2.11. The van der Waals surface area contributed by atoms with Crippen LogP contribution in [0.5, 0.6) is 11.6 Å². The highest BCUT2D eigenvalue weighted by Gasteiger charge is 2.09. The lowest BCUT2D eigenvalue weighted by atomic mass is 10.3. The first-order valence-electron chi connectivity index (χ1n) is 6.38. The van der Waals surface area contributed by atoms with E-state index in [2.05, 4.69) is 22.2 Å². The summed E-state index contributed by atoms with van der Waals surface area (Å²) in [6.45, 7) is 2.97. The van der Waals surface area contributed by atoms with Gasteiger partial charge in [0, 0.05) is 6.54 Å². The molecule has 5 nitrogen and oxygen atoms in total. The molecule has 3 N–H and O–H groups in total. The zero-order chi connectivity index (χ0) is 13.5. The van der Waals surface area contributed by atoms with E-state index in [1.165, 1.54) is 6.33 Å². The minimum atomic E-state index is 0.375. The van der Waals surface area contributed by atoms with E-state index >= 15 is 0 Å². The molecule has 0 spiro atoms. The molecule has 1 aromatic heterocycles. The monoisotopic (exact) mass is 258 g/mol. The van der Waals surface area contributed by atoms with Gasteiger partial charge in [0.05, 0.1) is 0 Å². The Morgan fingerprint density at radius 3 is 2.74 bits per heavy atom. The van der Waals surface area contributed by atoms with Gasteiger partial charge in [0.15, 0.2) is 5.82 Å². The number of benzene rings is 1. The first kappa shape index (κ1) is 13.1. The van der Waals surface area contributed by atoms with E-state index in [1.807, 2.05) is 30.3 Å². The Labute approximate surface area is 112 Å². The van der Waals surface area contributed by atoms with Crippen molar-refractivity contribution in [3.8, 4) is 11.6 Å². The van der Waals surface area contributed by atoms with Gasteiger partial charge in [0.25, 0.3) is 0 Å². The molecular formula is C14H18N4O. The molecule has 1 heterocycles. The highest BCUT2D eigenvalue weighted by Crippen LogP contribution is 2.28. The van der Waals surface area contributed by atoms with E-state index in [9.17, 15) is 0 Å². The fraction of sp³-hybridized carbons (Fsp3) is 0.286. The molecule has 0 aliphatic carbocycles. The van der Waals surface area contributed by atoms with Crippen molar-refractivity contribution in [2.45, 2.75) is 19.8 Å². The molecule has 100 valence electrons. The SMILES string of the molecule is CCCCNc1ncnc(Oc2ccccc2)c1N. The number of nitrogens with one attached hydrogen (secondary N) is 1. The molecule has 0 amide bonds. The van der Waals surface area contributed by atoms with Crippen LogP contribution < -0.4 is 15.8 Å². The van der Waals surface area contributed by atoms with Gasteiger partial charge in [-0.25, -0.2) is 4.98 Å². The summed E-state index contributed by atoms with van der Waals surface area (Å²) < 4.78 is 5.64. The van der Waals surface area contributed by atoms with E-state index in [0.717, 1.165) is 19.4 Å². The molecule has 0 radical (unpaired) electrons. The maximum Gasteiger partial charge on any atom is 0.248 e. The van der Waals surface area contributed by atoms with Gasteiger partial charge >= 0.3 is 0 Å². The normalized spacial score (nSPS) is 10.2. The van der Waals surface area contributed by atoms with Crippen molar-refractivity contribution in [3.63, 3.8) is 0 Å². The third kappa shape index (κ3) is 3.58. The fourth-order valence-corrected chi connectivity index (χ4v) is 1.59. The summed E-state index contributed by atoms with van der Waals surface area (Å²) in [6, 6.07) is 9.42. The lowest BCUT2D eigenvalue weighted by molar-refractivity contribution is 0.464. The predicted octanol–water partition coefficient (Wildman–Crippen LogP) is 3.06. The van der Waals surface area contributed by atoms with Crippen molar-refractivity contribution in [2.24, 2.45) is 0 Å². The van der Waals surface area contributed by atoms with Crippen LogP contribution in [0.2, 0.25) is 0 Å². The molecule has 0 aliphatic heterocycles. The smallest absolute Gasteiger partial charge is 0.248 e. The number of ether oxygens (including phenoxy) is 1. The molecule has 2 rings (SSSR count). The van der Waals surface area contributed by atoms with Crippen LogP contribution in [0.1, 0.15) is 19.8 Å². The average molecular weight is 258 g/mol. The number of para-hydroxylation sites is 1. The summed E-state index contributed by atoms with van der Waals surface area (Å²) in [5.74, 6) is 1.70. The van der Waals surface area contributed by atoms with E-state index in [1.54, 1.807) is 0 Å². The number of anilines is 2. The highest BCUT2D eigenvalue weighted by atomic mass is 16.5. The topological polar surface area (TPSA) is 73.1 Å². The maximum atomic E-state index is 6.00. The standard InChI is InChI=1S/C14H18N4O/c1-2-3-9-16-13-12(15)14(18-10-17-13)19-11-7-5-4-6-8-11/h4-8,10H,2-3,9,15H2,1H3,(H,16,17,18). The molecule has 0 bridgehead atoms. The van der Waals surface area contributed by atoms with Crippen molar-refractivity contribution >= 4 is 11.5 Å². The molecule has 0 fully saturated rings. The first-order valence-corrected chi connectivity index (χ1v) is 6.38. The summed E-state index contributed by atoms with van der Waals surface area (Å²) in [5, 5.41) is 3.18. The number of aromatic nitrogens is 2. The van der Waals surface area contributed by atoms with Crippen LogP contribution in [-0.4, -0.2) is 16.5 Å². The second kappa shape index (κ2) is 6.58. The predicted molar refractivity (Wildman–Crippen MR) is 76.4 cm³/mol. The second-order valence-corrected chi connectivity index (χ2v) is 4.14. The third-order valence-electron chi connectivity index (χ3n) is 2.63. The zero-order valence-corrected chi connectivity index (χ0v) is 11.0. The Hall–Kier alpha value is -2.30. The summed E-state index contributed by atoms with van der Waals surface area (Å²) in [5.41, 5.74) is 6.43. The van der Waals surface area contributed by atoms with E-state index < -0.39 is 0 Å². The first-order chi connectivity index (χ1) is 9.31. The van der Waals surface area contributed by atoms with Crippen LogP contribution in [0.3, 0.4) is 0 Å². The lowest BCUT2D eigenvalue weighted by Gasteiger charge is -2.11. The van der Waals surface area contributed by atoms with Crippen LogP contribution in [0, 0.1) is 0 Å². The molecule has 2 aromatic rings. The Morgan fingerprint density at radius 2 is 2.00 bits per heavy atom. The van der Waals surface area contributed by atoms with Gasteiger partial charge in [-0.2, -0.15) is 4.98 Å². The van der Waals surface area contributed by atoms with Crippen LogP contribution in [0.25, 0.3) is 0 Å². The maximum absolute atomic E-state index is 6.00. The number of rotatable bonds is 6. The molecule has 0 saturated heterocycles. The number of nitrogens with two attached hydrogens (primary N) is 1. The van der Waals surface area contributed by atoms with Crippen molar-refractivity contribution in [1.82, 2.24) is 9.97 Å². The molecule has 0 atom stereocenters. The van der Waals surface area contributed by atoms with Gasteiger partial charge in [-0.1, -0.05) is 31.5 Å². The average Bonchev–Trinajstić information content (AvgIpc) is 2.44. The van der Waals surface area contributed by atoms with Crippen molar-refractivity contribution in [3.05, 3.63) is 36.7 Å². The van der Waals surface area contributed by atoms with Gasteiger partial charge in [0.1, 0.15) is 17.8 Å². The molecule has 0 aliphatic rings. The van der Waals surface area contributed by atoms with Gasteiger partial charge in [0.2, 0.25) is 5.88 Å². The Morgan fingerprint density at radius 1 is 1.21 bits per heavy atom. The van der Waals surface area contributed by atoms with Crippen molar-refractivity contribution < 1.29 is 4.74 Å². The summed E-state index contributed by atoms with van der Waals surface area (Å²) >= 11 is 0. The largest absolute Gasteiger partial charge is 0.437 e. The molecule has 5 heteroatoms. The summed E-state index contributed by atoms with van der Waals surface area (Å²) in [4.78, 5) is 8.19. The van der Waals surface area contributed by atoms with E-state index in [4.69, 9.17) is 10.5 Å². The molecule has 19 heavy (non-hydrogen) atoms. The molecular weight excluding hydrogens is 240 g/mol. The van der Waals surface area contributed by atoms with E-state index in [0.29, 0.717) is 23.1 Å². The molecule has 0 saturated carbocycles. The van der Waals surface area contributed by atoms with Gasteiger partial charge < -0.3 is 15.8 Å². The van der Waals surface area contributed by atoms with Crippen LogP contribution in [0.4, 0.5) is 11.5 Å². The van der Waals surface area contributed by atoms with Crippen molar-refractivity contribution in [1.29, 1.82) is 0 Å². The number of nitrogen functional groups attached to an aromatic ring is 1. The van der Waals surface area contributed by atoms with Gasteiger partial charge in [-0.3, -0.25) is 0 Å². The van der Waals surface area contributed by atoms with E-state index in [-0.39, 0.29) is 0 Å². The summed E-state index contributed by atoms with van der Waals surface area (Å²) in [6.07, 6.45) is 3.63. The zero-order valence-electron chi connectivity index (χ0n) is 11.0. The van der Waals surface area contributed by atoms with Crippen LogP contribution >= 0.6 is 0 Å². The van der Waals surface area contributed by atoms with Gasteiger partial charge in [-0.15, -0.1) is 0 Å². The number of nitrogens with zero attached hydrogens (tertiary/aromatic N) is 2. The minimum Gasteiger partial charge on any atom is -0.437 e. The highest BCUT2D eigenvalue weighted by molar-refractivity contribution is 5.66. The third-order valence-corrected chi connectivity index (χ3v) is 2.63. The second-order valence-electron chi connectivity index (χ2n) is 4.14. The molecule has 1 aromatic carbocycles. The van der Waals surface area contributed by atoms with Crippen LogP contribution in [0.15, 0.2) is 36.7 Å². The molecule has 0 unspecified atom stereocenters. The van der Waals surface area contributed by atoms with Gasteiger partial charge in [-0.05, 0) is 18.6 Å².